The molecule has 2 amide bonds. The summed E-state index contributed by atoms with van der Waals surface area (Å²) in [4.78, 5) is 31.7. The summed E-state index contributed by atoms with van der Waals surface area (Å²) in [6.45, 7) is 9.83. The van der Waals surface area contributed by atoms with Crippen LogP contribution >= 0.6 is 0 Å². The van der Waals surface area contributed by atoms with Crippen molar-refractivity contribution >= 4 is 12.0 Å². The number of benzene rings is 1. The number of ether oxygens (including phenoxy) is 1. The highest BCUT2D eigenvalue weighted by atomic mass is 19.1. The Hall–Kier alpha value is -2.19. The minimum absolute atomic E-state index is 0.0275. The van der Waals surface area contributed by atoms with E-state index in [0.717, 1.165) is 57.0 Å². The number of nitrogens with zero attached hydrogens (tertiary/aromatic N) is 3. The van der Waals surface area contributed by atoms with Crippen LogP contribution in [0, 0.1) is 5.82 Å². The molecule has 1 atom stereocenters. The molecule has 1 aromatic rings. The molecule has 0 aromatic heterocycles. The fraction of sp³-hybridized carbons (Fsp3) is 0.692. The van der Waals surface area contributed by atoms with E-state index in [4.69, 9.17) is 9.84 Å². The smallest absolute Gasteiger partial charge is 0.410 e. The Labute approximate surface area is 202 Å². The lowest BCUT2D eigenvalue weighted by atomic mass is 9.91. The Kier molecular flexibility index (Phi) is 9.31. The van der Waals surface area contributed by atoms with Crippen molar-refractivity contribution < 1.29 is 23.8 Å². The molecule has 7 nitrogen and oxygen atoms in total. The van der Waals surface area contributed by atoms with Crippen molar-refractivity contribution in [1.82, 2.24) is 14.7 Å². The predicted octanol–water partition coefficient (Wildman–Crippen LogP) is 3.79. The Morgan fingerprint density at radius 1 is 0.971 bits per heavy atom. The quantitative estimate of drug-likeness (QED) is 0.717. The predicted molar refractivity (Wildman–Crippen MR) is 129 cm³/mol. The number of aliphatic hydroxyl groups excluding tert-OH is 1. The summed E-state index contributed by atoms with van der Waals surface area (Å²) in [6, 6.07) is 6.15. The van der Waals surface area contributed by atoms with Crippen LogP contribution in [0.25, 0.3) is 0 Å². The van der Waals surface area contributed by atoms with Gasteiger partial charge in [0.15, 0.2) is 0 Å². The van der Waals surface area contributed by atoms with Crippen molar-refractivity contribution in [2.24, 2.45) is 0 Å². The van der Waals surface area contributed by atoms with Gasteiger partial charge in [-0.25, -0.2) is 9.18 Å². The zero-order valence-corrected chi connectivity index (χ0v) is 20.8. The molecule has 3 aliphatic rings. The number of hydrogen-bond acceptors (Lipinski definition) is 5. The monoisotopic (exact) mass is 477 g/mol. The third-order valence-electron chi connectivity index (χ3n) is 6.69. The normalized spacial score (nSPS) is 21.9. The molecule has 2 aliphatic heterocycles. The molecule has 4 rings (SSSR count). The Balaban J connectivity index is 0.000000302. The molecular weight excluding hydrogens is 437 g/mol. The van der Waals surface area contributed by atoms with E-state index in [0.29, 0.717) is 6.54 Å². The van der Waals surface area contributed by atoms with Crippen LogP contribution in [0.5, 0.6) is 0 Å². The second kappa shape index (κ2) is 12.0. The number of carbonyl (C=O) groups excluding carboxylic acids is 2. The standard InChI is InChI=1S/C19H33N3O3.C7H7FO/c1-19(2,3)25-18(24)22-12-5-9-16(22)17(23)21-11-6-10-20(13-14-21)15-7-4-8-15;8-7-3-1-6(5-9)2-4-7/h15-16H,4-14H2,1-3H3;1-4,9H,5H2/t16-;/m1./s1. The molecule has 8 heteroatoms. The van der Waals surface area contributed by atoms with Gasteiger partial charge in [-0.1, -0.05) is 18.6 Å². The summed E-state index contributed by atoms with van der Waals surface area (Å²) in [7, 11) is 0. The number of halogens is 1. The second-order valence-electron chi connectivity index (χ2n) is 10.4. The SMILES string of the molecule is CC(C)(C)OC(=O)N1CCC[C@@H]1C(=O)N1CCCN(C2CCC2)CC1.OCc1ccc(F)cc1. The van der Waals surface area contributed by atoms with Gasteiger partial charge >= 0.3 is 6.09 Å². The summed E-state index contributed by atoms with van der Waals surface area (Å²) in [6.07, 6.45) is 6.26. The Bertz CT molecular complexity index is 807. The maximum atomic E-state index is 13.1. The van der Waals surface area contributed by atoms with Crippen molar-refractivity contribution in [3.8, 4) is 0 Å². The fourth-order valence-corrected chi connectivity index (χ4v) is 4.64. The van der Waals surface area contributed by atoms with Crippen LogP contribution < -0.4 is 0 Å². The van der Waals surface area contributed by atoms with Gasteiger partial charge in [-0.2, -0.15) is 0 Å². The van der Waals surface area contributed by atoms with E-state index in [1.807, 2.05) is 25.7 Å². The highest BCUT2D eigenvalue weighted by Crippen LogP contribution is 2.27. The highest BCUT2D eigenvalue weighted by molar-refractivity contribution is 5.86. The lowest BCUT2D eigenvalue weighted by Gasteiger charge is -2.37. The number of hydrogen-bond donors (Lipinski definition) is 1. The average molecular weight is 478 g/mol. The zero-order chi connectivity index (χ0) is 24.7. The minimum atomic E-state index is -0.529. The summed E-state index contributed by atoms with van der Waals surface area (Å²) >= 11 is 0. The molecule has 0 unspecified atom stereocenters. The molecule has 0 bridgehead atoms. The zero-order valence-electron chi connectivity index (χ0n) is 20.8. The van der Waals surface area contributed by atoms with Crippen molar-refractivity contribution in [3.63, 3.8) is 0 Å². The molecule has 1 saturated carbocycles. The first-order valence-corrected chi connectivity index (χ1v) is 12.6. The van der Waals surface area contributed by atoms with Crippen LogP contribution in [-0.2, 0) is 16.1 Å². The van der Waals surface area contributed by atoms with Gasteiger partial charge in [0.25, 0.3) is 0 Å². The van der Waals surface area contributed by atoms with Gasteiger partial charge in [0.2, 0.25) is 5.91 Å². The third kappa shape index (κ3) is 7.40. The lowest BCUT2D eigenvalue weighted by molar-refractivity contribution is -0.135. The van der Waals surface area contributed by atoms with Crippen molar-refractivity contribution in [2.45, 2.75) is 83.6 Å². The largest absolute Gasteiger partial charge is 0.444 e. The number of amides is 2. The maximum Gasteiger partial charge on any atom is 0.410 e. The first kappa shape index (κ1) is 26.4. The van der Waals surface area contributed by atoms with Gasteiger partial charge in [0.1, 0.15) is 17.5 Å². The maximum absolute atomic E-state index is 13.1. The Morgan fingerprint density at radius 3 is 2.26 bits per heavy atom. The summed E-state index contributed by atoms with van der Waals surface area (Å²) in [5.41, 5.74) is 0.204. The van der Waals surface area contributed by atoms with E-state index in [1.54, 1.807) is 17.0 Å². The second-order valence-corrected chi connectivity index (χ2v) is 10.4. The van der Waals surface area contributed by atoms with Gasteiger partial charge < -0.3 is 14.7 Å². The van der Waals surface area contributed by atoms with Gasteiger partial charge in [-0.3, -0.25) is 14.6 Å². The molecule has 2 heterocycles. The summed E-state index contributed by atoms with van der Waals surface area (Å²) in [5, 5.41) is 8.51. The van der Waals surface area contributed by atoms with E-state index in [9.17, 15) is 14.0 Å². The first-order chi connectivity index (χ1) is 16.2. The molecule has 1 N–H and O–H groups in total. The van der Waals surface area contributed by atoms with Crippen LogP contribution in [0.3, 0.4) is 0 Å². The van der Waals surface area contributed by atoms with Crippen molar-refractivity contribution in [2.75, 3.05) is 32.7 Å². The van der Waals surface area contributed by atoms with Crippen LogP contribution in [0.2, 0.25) is 0 Å². The third-order valence-corrected chi connectivity index (χ3v) is 6.69. The van der Waals surface area contributed by atoms with E-state index in [2.05, 4.69) is 4.90 Å². The lowest BCUT2D eigenvalue weighted by Crippen LogP contribution is -2.50. The van der Waals surface area contributed by atoms with Gasteiger partial charge in [0, 0.05) is 38.8 Å². The molecule has 1 aromatic carbocycles. The van der Waals surface area contributed by atoms with Gasteiger partial charge in [-0.15, -0.1) is 0 Å². The number of rotatable bonds is 3. The van der Waals surface area contributed by atoms with Crippen LogP contribution in [0.15, 0.2) is 24.3 Å². The molecule has 2 saturated heterocycles. The number of carbonyl (C=O) groups is 2. The van der Waals surface area contributed by atoms with Crippen molar-refractivity contribution in [3.05, 3.63) is 35.6 Å². The average Bonchev–Trinajstić information content (AvgIpc) is 3.12. The highest BCUT2D eigenvalue weighted by Gasteiger charge is 2.39. The van der Waals surface area contributed by atoms with Gasteiger partial charge in [0.05, 0.1) is 6.61 Å². The van der Waals surface area contributed by atoms with Crippen molar-refractivity contribution in [1.29, 1.82) is 0 Å². The molecule has 34 heavy (non-hydrogen) atoms. The number of likely N-dealkylation sites (tertiary alicyclic amines) is 1. The van der Waals surface area contributed by atoms with E-state index >= 15 is 0 Å². The molecule has 0 spiro atoms. The first-order valence-electron chi connectivity index (χ1n) is 12.6. The minimum Gasteiger partial charge on any atom is -0.444 e. The van der Waals surface area contributed by atoms with E-state index in [1.165, 1.54) is 31.4 Å². The summed E-state index contributed by atoms with van der Waals surface area (Å²) in [5.74, 6) is -0.161. The topological polar surface area (TPSA) is 73.3 Å². The number of aliphatic hydroxyl groups is 1. The van der Waals surface area contributed by atoms with E-state index in [-0.39, 0.29) is 30.5 Å². The van der Waals surface area contributed by atoms with E-state index < -0.39 is 5.60 Å². The molecule has 1 aliphatic carbocycles. The molecule has 0 radical (unpaired) electrons. The summed E-state index contributed by atoms with van der Waals surface area (Å²) < 4.78 is 17.6. The van der Waals surface area contributed by atoms with Gasteiger partial charge in [-0.05, 0) is 70.6 Å². The van der Waals surface area contributed by atoms with Crippen LogP contribution in [-0.4, -0.2) is 82.2 Å². The molecular formula is C26H40FN3O4. The van der Waals surface area contributed by atoms with Crippen LogP contribution in [0.4, 0.5) is 9.18 Å². The molecule has 190 valence electrons. The molecule has 3 fully saturated rings. The fourth-order valence-electron chi connectivity index (χ4n) is 4.64. The Morgan fingerprint density at radius 2 is 1.68 bits per heavy atom. The van der Waals surface area contributed by atoms with Crippen LogP contribution in [0.1, 0.15) is 64.9 Å².